The van der Waals surface area contributed by atoms with Gasteiger partial charge in [-0.2, -0.15) is 0 Å². The fraction of sp³-hybridized carbons (Fsp3) is 0.333. The van der Waals surface area contributed by atoms with E-state index in [1.165, 1.54) is 35.9 Å². The quantitative estimate of drug-likeness (QED) is 0.145. The van der Waals surface area contributed by atoms with E-state index in [2.05, 4.69) is 26.0 Å². The summed E-state index contributed by atoms with van der Waals surface area (Å²) in [6.07, 6.45) is 10.9. The molecule has 0 bridgehead atoms. The van der Waals surface area contributed by atoms with Gasteiger partial charge in [-0.05, 0) is 86.5 Å². The SMILES string of the molecule is CCOC(=O)c1cnc(CC2(c3cccc(Cl)c3)CC2)nc1.CCOC(=O)c1cnc(Cl)nc1.Cl.NC1(c2cccc(Cl)c2)CC1. The number of benzene rings is 2. The molecular formula is C33H35Cl4N5O4. The highest BCUT2D eigenvalue weighted by Gasteiger charge is 2.45. The molecule has 2 saturated carbocycles. The van der Waals surface area contributed by atoms with Gasteiger partial charge in [-0.15, -0.1) is 12.4 Å². The number of hydrogen-bond acceptors (Lipinski definition) is 9. The van der Waals surface area contributed by atoms with E-state index in [1.54, 1.807) is 13.8 Å². The van der Waals surface area contributed by atoms with Crippen molar-refractivity contribution >= 4 is 59.1 Å². The van der Waals surface area contributed by atoms with Crippen LogP contribution in [0.4, 0.5) is 0 Å². The van der Waals surface area contributed by atoms with E-state index >= 15 is 0 Å². The van der Waals surface area contributed by atoms with Gasteiger partial charge < -0.3 is 15.2 Å². The highest BCUT2D eigenvalue weighted by molar-refractivity contribution is 6.31. The molecule has 2 fully saturated rings. The summed E-state index contributed by atoms with van der Waals surface area (Å²) in [5.41, 5.74) is 9.12. The van der Waals surface area contributed by atoms with Crippen molar-refractivity contribution in [3.63, 3.8) is 0 Å². The molecule has 2 aliphatic rings. The number of aromatic nitrogens is 4. The van der Waals surface area contributed by atoms with Crippen LogP contribution in [-0.4, -0.2) is 45.1 Å². The molecule has 2 aromatic heterocycles. The van der Waals surface area contributed by atoms with Crippen LogP contribution in [-0.2, 0) is 26.8 Å². The lowest BCUT2D eigenvalue weighted by Gasteiger charge is -2.15. The molecule has 2 aromatic carbocycles. The molecule has 0 unspecified atom stereocenters. The van der Waals surface area contributed by atoms with E-state index in [4.69, 9.17) is 50.0 Å². The Morgan fingerprint density at radius 3 is 1.63 bits per heavy atom. The standard InChI is InChI=1S/C17H17ClN2O2.C9H10ClN.C7H7ClN2O2.ClH/c1-2-22-16(21)12-10-19-15(20-11-12)9-17(6-7-17)13-4-3-5-14(18)8-13;10-8-3-1-2-7(6-8)9(11)4-5-9;1-2-12-6(11)5-3-9-7(8)10-4-5;/h3-5,8,10-11H,2,6-7,9H2,1H3;1-3,6H,4-5,11H2;3-4H,2H2,1H3;1H. The molecule has 2 N–H and O–H groups in total. The number of rotatable bonds is 8. The highest BCUT2D eigenvalue weighted by atomic mass is 35.5. The maximum atomic E-state index is 11.6. The molecule has 0 atom stereocenters. The van der Waals surface area contributed by atoms with E-state index < -0.39 is 5.97 Å². The van der Waals surface area contributed by atoms with Gasteiger partial charge in [-0.1, -0.05) is 47.5 Å². The van der Waals surface area contributed by atoms with Crippen LogP contribution in [0.1, 0.15) is 77.2 Å². The third-order valence-corrected chi connectivity index (χ3v) is 7.99. The maximum absolute atomic E-state index is 11.6. The first-order valence-electron chi connectivity index (χ1n) is 14.5. The number of nitrogens with two attached hydrogens (primary N) is 1. The number of carbonyl (C=O) groups excluding carboxylic acids is 2. The van der Waals surface area contributed by atoms with Gasteiger partial charge in [0.25, 0.3) is 0 Å². The zero-order chi connectivity index (χ0) is 32.5. The van der Waals surface area contributed by atoms with Gasteiger partial charge in [0.15, 0.2) is 0 Å². The first kappa shape index (κ1) is 37.1. The molecule has 0 radical (unpaired) electrons. The first-order valence-corrected chi connectivity index (χ1v) is 15.6. The zero-order valence-electron chi connectivity index (χ0n) is 25.4. The van der Waals surface area contributed by atoms with Crippen LogP contribution < -0.4 is 5.73 Å². The third kappa shape index (κ3) is 10.6. The number of nitrogens with zero attached hydrogens (tertiary/aromatic N) is 4. The van der Waals surface area contributed by atoms with Crippen LogP contribution in [0.25, 0.3) is 0 Å². The Bertz CT molecular complexity index is 1600. The second-order valence-corrected chi connectivity index (χ2v) is 11.9. The van der Waals surface area contributed by atoms with Gasteiger partial charge in [-0.3, -0.25) is 0 Å². The lowest BCUT2D eigenvalue weighted by Crippen LogP contribution is -2.18. The van der Waals surface area contributed by atoms with Crippen LogP contribution in [0.2, 0.25) is 15.3 Å². The minimum Gasteiger partial charge on any atom is -0.462 e. The lowest BCUT2D eigenvalue weighted by molar-refractivity contribution is 0.0515. The number of hydrogen-bond donors (Lipinski definition) is 1. The second-order valence-electron chi connectivity index (χ2n) is 10.7. The van der Waals surface area contributed by atoms with Gasteiger partial charge in [0.1, 0.15) is 5.82 Å². The Balaban J connectivity index is 0.000000203. The van der Waals surface area contributed by atoms with Gasteiger partial charge in [0, 0.05) is 52.2 Å². The minimum absolute atomic E-state index is 0. The predicted octanol–water partition coefficient (Wildman–Crippen LogP) is 7.60. The van der Waals surface area contributed by atoms with E-state index in [0.29, 0.717) is 24.3 Å². The van der Waals surface area contributed by atoms with E-state index in [1.807, 2.05) is 42.5 Å². The Hall–Kier alpha value is -3.34. The highest BCUT2D eigenvalue weighted by Crippen LogP contribution is 2.50. The van der Waals surface area contributed by atoms with Gasteiger partial charge in [0.05, 0.1) is 24.3 Å². The van der Waals surface area contributed by atoms with E-state index in [0.717, 1.165) is 48.0 Å². The topological polar surface area (TPSA) is 130 Å². The zero-order valence-corrected chi connectivity index (χ0v) is 28.5. The molecule has 4 aromatic rings. The molecule has 46 heavy (non-hydrogen) atoms. The molecule has 2 heterocycles. The molecule has 0 saturated heterocycles. The van der Waals surface area contributed by atoms with Crippen molar-refractivity contribution in [2.24, 2.45) is 5.73 Å². The number of halogens is 4. The van der Waals surface area contributed by atoms with Crippen LogP contribution in [0.15, 0.2) is 73.3 Å². The number of carbonyl (C=O) groups is 2. The lowest BCUT2D eigenvalue weighted by atomic mass is 9.92. The summed E-state index contributed by atoms with van der Waals surface area (Å²) in [6.45, 7) is 4.18. The average molecular weight is 707 g/mol. The molecule has 13 heteroatoms. The summed E-state index contributed by atoms with van der Waals surface area (Å²) in [5.74, 6) is -0.0790. The Morgan fingerprint density at radius 1 is 0.739 bits per heavy atom. The molecule has 0 spiro atoms. The summed E-state index contributed by atoms with van der Waals surface area (Å²) in [4.78, 5) is 38.5. The summed E-state index contributed by atoms with van der Waals surface area (Å²) >= 11 is 17.3. The average Bonchev–Trinajstić information content (AvgIpc) is 3.97. The van der Waals surface area contributed by atoms with Crippen molar-refractivity contribution in [1.29, 1.82) is 0 Å². The Morgan fingerprint density at radius 2 is 1.20 bits per heavy atom. The fourth-order valence-corrected chi connectivity index (χ4v) is 4.94. The monoisotopic (exact) mass is 705 g/mol. The molecule has 9 nitrogen and oxygen atoms in total. The van der Waals surface area contributed by atoms with Crippen LogP contribution in [0.3, 0.4) is 0 Å². The summed E-state index contributed by atoms with van der Waals surface area (Å²) < 4.78 is 9.64. The van der Waals surface area contributed by atoms with Crippen molar-refractivity contribution in [1.82, 2.24) is 19.9 Å². The first-order chi connectivity index (χ1) is 21.6. The van der Waals surface area contributed by atoms with Crippen molar-refractivity contribution in [2.75, 3.05) is 13.2 Å². The van der Waals surface area contributed by atoms with Crippen molar-refractivity contribution in [3.8, 4) is 0 Å². The van der Waals surface area contributed by atoms with Crippen LogP contribution in [0.5, 0.6) is 0 Å². The Kier molecular flexibility index (Phi) is 13.7. The largest absolute Gasteiger partial charge is 0.462 e. The van der Waals surface area contributed by atoms with Crippen molar-refractivity contribution < 1.29 is 19.1 Å². The maximum Gasteiger partial charge on any atom is 0.341 e. The minimum atomic E-state index is -0.436. The molecular weight excluding hydrogens is 672 g/mol. The molecule has 6 rings (SSSR count). The molecule has 0 amide bonds. The Labute approximate surface area is 289 Å². The van der Waals surface area contributed by atoms with Gasteiger partial charge in [0.2, 0.25) is 5.28 Å². The summed E-state index contributed by atoms with van der Waals surface area (Å²) in [5, 5.41) is 1.64. The van der Waals surface area contributed by atoms with Crippen molar-refractivity contribution in [3.05, 3.63) is 117 Å². The second kappa shape index (κ2) is 17.0. The number of esters is 2. The molecule has 2 aliphatic carbocycles. The third-order valence-electron chi connectivity index (χ3n) is 7.32. The predicted molar refractivity (Wildman–Crippen MR) is 181 cm³/mol. The van der Waals surface area contributed by atoms with Gasteiger partial charge in [-0.25, -0.2) is 29.5 Å². The summed E-state index contributed by atoms with van der Waals surface area (Å²) in [7, 11) is 0. The molecule has 0 aliphatic heterocycles. The van der Waals surface area contributed by atoms with E-state index in [-0.39, 0.29) is 34.6 Å². The summed E-state index contributed by atoms with van der Waals surface area (Å²) in [6, 6.07) is 15.8. The van der Waals surface area contributed by atoms with Crippen LogP contribution >= 0.6 is 47.2 Å². The van der Waals surface area contributed by atoms with Crippen molar-refractivity contribution in [2.45, 2.75) is 56.9 Å². The normalized spacial score (nSPS) is 14.6. The fourth-order valence-electron chi connectivity index (χ4n) is 4.46. The van der Waals surface area contributed by atoms with Crippen LogP contribution in [0, 0.1) is 0 Å². The molecule has 244 valence electrons. The number of ether oxygens (including phenoxy) is 2. The smallest absolute Gasteiger partial charge is 0.341 e. The van der Waals surface area contributed by atoms with Gasteiger partial charge >= 0.3 is 11.9 Å². The van der Waals surface area contributed by atoms with E-state index in [9.17, 15) is 9.59 Å².